The van der Waals surface area contributed by atoms with Crippen LogP contribution in [0, 0.1) is 4.91 Å². The fraction of sp³-hybridized carbons (Fsp3) is 0.889. The van der Waals surface area contributed by atoms with Gasteiger partial charge in [0.25, 0.3) is 0 Å². The SMILES string of the molecule is CCCCCCCOC(=O)CC(CC(=O)OCCCCCCC)(N=O)C(=O)OCCCCCCC. The molecule has 0 aliphatic rings. The molecule has 0 aromatic rings. The molecule has 0 aliphatic carbocycles. The molecule has 0 unspecified atom stereocenters. The number of nitroso groups, excluding NO2 is 1. The lowest BCUT2D eigenvalue weighted by Gasteiger charge is -2.23. The van der Waals surface area contributed by atoms with Crippen molar-refractivity contribution >= 4 is 17.9 Å². The molecule has 0 fully saturated rings. The van der Waals surface area contributed by atoms with Crippen LogP contribution >= 0.6 is 0 Å². The van der Waals surface area contributed by atoms with Crippen LogP contribution in [0.4, 0.5) is 0 Å². The topological polar surface area (TPSA) is 108 Å². The molecule has 0 aromatic heterocycles. The average Bonchev–Trinajstić information content (AvgIpc) is 2.85. The van der Waals surface area contributed by atoms with Crippen molar-refractivity contribution in [2.45, 2.75) is 135 Å². The molecule has 0 rings (SSSR count). The Hall–Kier alpha value is -1.99. The first-order chi connectivity index (χ1) is 17.0. The molecule has 0 atom stereocenters. The van der Waals surface area contributed by atoms with Gasteiger partial charge in [0.2, 0.25) is 5.54 Å². The van der Waals surface area contributed by atoms with Crippen LogP contribution in [0.2, 0.25) is 0 Å². The Morgan fingerprint density at radius 3 is 1.23 bits per heavy atom. The summed E-state index contributed by atoms with van der Waals surface area (Å²) in [5.74, 6) is -2.46. The minimum absolute atomic E-state index is 0.110. The number of esters is 3. The number of unbranched alkanes of at least 4 members (excludes halogenated alkanes) is 12. The largest absolute Gasteiger partial charge is 0.466 e. The molecule has 0 radical (unpaired) electrons. The van der Waals surface area contributed by atoms with Crippen LogP contribution in [0.5, 0.6) is 0 Å². The van der Waals surface area contributed by atoms with Crippen molar-refractivity contribution in [2.75, 3.05) is 19.8 Å². The Balaban J connectivity index is 4.89. The third kappa shape index (κ3) is 17.1. The van der Waals surface area contributed by atoms with Crippen LogP contribution in [0.15, 0.2) is 5.18 Å². The monoisotopic (exact) mass is 499 g/mol. The van der Waals surface area contributed by atoms with Gasteiger partial charge in [0.1, 0.15) is 0 Å². The van der Waals surface area contributed by atoms with Crippen molar-refractivity contribution in [3.05, 3.63) is 4.91 Å². The number of rotatable bonds is 24. The maximum Gasteiger partial charge on any atom is 0.338 e. The van der Waals surface area contributed by atoms with Gasteiger partial charge in [-0.3, -0.25) is 9.59 Å². The molecule has 0 aromatic carbocycles. The molecule has 0 aliphatic heterocycles. The smallest absolute Gasteiger partial charge is 0.338 e. The fourth-order valence-electron chi connectivity index (χ4n) is 3.68. The molecule has 0 saturated heterocycles. The summed E-state index contributed by atoms with van der Waals surface area (Å²) < 4.78 is 15.7. The van der Waals surface area contributed by atoms with E-state index < -0.39 is 36.3 Å². The standard InChI is InChI=1S/C27H49NO7/c1-4-7-10-13-16-19-33-24(29)22-27(28-32,26(31)35-21-18-15-12-9-6-3)23-25(30)34-20-17-14-11-8-5-2/h4-23H2,1-3H3. The fourth-order valence-corrected chi connectivity index (χ4v) is 3.68. The van der Waals surface area contributed by atoms with E-state index in [4.69, 9.17) is 14.2 Å². The highest BCUT2D eigenvalue weighted by Crippen LogP contribution is 2.25. The van der Waals surface area contributed by atoms with E-state index in [1.165, 1.54) is 0 Å². The van der Waals surface area contributed by atoms with Gasteiger partial charge in [-0.1, -0.05) is 97.8 Å². The third-order valence-electron chi connectivity index (χ3n) is 5.93. The molecule has 35 heavy (non-hydrogen) atoms. The average molecular weight is 500 g/mol. The van der Waals surface area contributed by atoms with Crippen molar-refractivity contribution in [2.24, 2.45) is 5.18 Å². The zero-order valence-electron chi connectivity index (χ0n) is 22.4. The highest BCUT2D eigenvalue weighted by atomic mass is 16.5. The molecule has 0 N–H and O–H groups in total. The van der Waals surface area contributed by atoms with Crippen molar-refractivity contribution in [3.63, 3.8) is 0 Å². The summed E-state index contributed by atoms with van der Waals surface area (Å²) in [6, 6.07) is 0. The van der Waals surface area contributed by atoms with Crippen molar-refractivity contribution in [3.8, 4) is 0 Å². The lowest BCUT2D eigenvalue weighted by atomic mass is 9.92. The van der Waals surface area contributed by atoms with Crippen LogP contribution < -0.4 is 0 Å². The van der Waals surface area contributed by atoms with E-state index in [1.54, 1.807) is 0 Å². The maximum atomic E-state index is 12.8. The first-order valence-electron chi connectivity index (χ1n) is 13.8. The van der Waals surface area contributed by atoms with Gasteiger partial charge in [-0.05, 0) is 24.4 Å². The van der Waals surface area contributed by atoms with Crippen LogP contribution in [-0.2, 0) is 28.6 Å². The van der Waals surface area contributed by atoms with Gasteiger partial charge >= 0.3 is 17.9 Å². The quantitative estimate of drug-likeness (QED) is 0.0621. The Bertz CT molecular complexity index is 550. The second-order valence-corrected chi connectivity index (χ2v) is 9.30. The summed E-state index contributed by atoms with van der Waals surface area (Å²) in [5, 5.41) is 2.94. The molecule has 8 nitrogen and oxygen atoms in total. The minimum atomic E-state index is -2.16. The predicted molar refractivity (Wildman–Crippen MR) is 137 cm³/mol. The number of nitrogens with zero attached hydrogens (tertiary/aromatic N) is 1. The van der Waals surface area contributed by atoms with Crippen LogP contribution in [-0.4, -0.2) is 43.3 Å². The highest BCUT2D eigenvalue weighted by Gasteiger charge is 2.47. The Morgan fingerprint density at radius 1 is 0.543 bits per heavy atom. The maximum absolute atomic E-state index is 12.8. The van der Waals surface area contributed by atoms with Gasteiger partial charge in [0.05, 0.1) is 32.7 Å². The lowest BCUT2D eigenvalue weighted by Crippen LogP contribution is -2.43. The zero-order chi connectivity index (χ0) is 26.2. The number of hydrogen-bond donors (Lipinski definition) is 0. The molecular weight excluding hydrogens is 450 g/mol. The molecule has 0 heterocycles. The molecule has 0 bridgehead atoms. The summed E-state index contributed by atoms with van der Waals surface area (Å²) >= 11 is 0. The molecular formula is C27H49NO7. The summed E-state index contributed by atoms with van der Waals surface area (Å²) in [6.45, 7) is 6.86. The minimum Gasteiger partial charge on any atom is -0.466 e. The zero-order valence-corrected chi connectivity index (χ0v) is 22.4. The van der Waals surface area contributed by atoms with Crippen molar-refractivity contribution in [1.82, 2.24) is 0 Å². The second-order valence-electron chi connectivity index (χ2n) is 9.30. The number of carbonyl (C=O) groups is 3. The number of hydrogen-bond acceptors (Lipinski definition) is 8. The van der Waals surface area contributed by atoms with E-state index in [9.17, 15) is 19.3 Å². The van der Waals surface area contributed by atoms with E-state index in [-0.39, 0.29) is 19.8 Å². The highest BCUT2D eigenvalue weighted by molar-refractivity contribution is 5.91. The molecule has 204 valence electrons. The van der Waals surface area contributed by atoms with Crippen molar-refractivity contribution < 1.29 is 28.6 Å². The number of carbonyl (C=O) groups excluding carboxylic acids is 3. The van der Waals surface area contributed by atoms with Gasteiger partial charge in [0.15, 0.2) is 0 Å². The van der Waals surface area contributed by atoms with Gasteiger partial charge in [0, 0.05) is 0 Å². The van der Waals surface area contributed by atoms with Crippen LogP contribution in [0.25, 0.3) is 0 Å². The lowest BCUT2D eigenvalue weighted by molar-refractivity contribution is -0.161. The summed E-state index contributed by atoms with van der Waals surface area (Å²) in [7, 11) is 0. The normalized spacial score (nSPS) is 11.2. The summed E-state index contributed by atoms with van der Waals surface area (Å²) in [6.07, 6.45) is 13.4. The van der Waals surface area contributed by atoms with Gasteiger partial charge < -0.3 is 14.2 Å². The van der Waals surface area contributed by atoms with E-state index in [2.05, 4.69) is 25.9 Å². The Labute approximate surface area is 212 Å². The molecule has 8 heteroatoms. The van der Waals surface area contributed by atoms with Gasteiger partial charge in [-0.25, -0.2) is 4.79 Å². The van der Waals surface area contributed by atoms with Gasteiger partial charge in [-0.2, -0.15) is 0 Å². The predicted octanol–water partition coefficient (Wildman–Crippen LogP) is 6.81. The molecule has 0 spiro atoms. The van der Waals surface area contributed by atoms with E-state index in [0.29, 0.717) is 19.3 Å². The third-order valence-corrected chi connectivity index (χ3v) is 5.93. The van der Waals surface area contributed by atoms with Crippen LogP contribution in [0.3, 0.4) is 0 Å². The van der Waals surface area contributed by atoms with E-state index >= 15 is 0 Å². The Kier molecular flexibility index (Phi) is 21.2. The summed E-state index contributed by atoms with van der Waals surface area (Å²) in [4.78, 5) is 49.5. The van der Waals surface area contributed by atoms with Crippen LogP contribution in [0.1, 0.15) is 130 Å². The first kappa shape index (κ1) is 33.0. The number of ether oxygens (including phenoxy) is 3. The molecule has 0 saturated carbocycles. The van der Waals surface area contributed by atoms with E-state index in [0.717, 1.165) is 77.0 Å². The first-order valence-corrected chi connectivity index (χ1v) is 13.8. The van der Waals surface area contributed by atoms with E-state index in [1.807, 2.05) is 0 Å². The van der Waals surface area contributed by atoms with Crippen molar-refractivity contribution in [1.29, 1.82) is 0 Å². The van der Waals surface area contributed by atoms with Gasteiger partial charge in [-0.15, -0.1) is 4.91 Å². The molecule has 0 amide bonds. The summed E-state index contributed by atoms with van der Waals surface area (Å²) in [5.41, 5.74) is -2.16. The second kappa shape index (κ2) is 22.5. The Morgan fingerprint density at radius 2 is 0.886 bits per heavy atom.